The third kappa shape index (κ3) is 1.93. The highest BCUT2D eigenvalue weighted by molar-refractivity contribution is 6.29. The van der Waals surface area contributed by atoms with Gasteiger partial charge in [0.15, 0.2) is 0 Å². The Labute approximate surface area is 87.3 Å². The van der Waals surface area contributed by atoms with E-state index < -0.39 is 0 Å². The van der Waals surface area contributed by atoms with Gasteiger partial charge in [-0.1, -0.05) is 11.6 Å². The molecule has 72 valence electrons. The van der Waals surface area contributed by atoms with Crippen LogP contribution in [0.4, 0.5) is 0 Å². The quantitative estimate of drug-likeness (QED) is 0.708. The van der Waals surface area contributed by atoms with Crippen LogP contribution in [0.15, 0.2) is 30.6 Å². The van der Waals surface area contributed by atoms with Crippen LogP contribution in [0.1, 0.15) is 11.3 Å². The lowest BCUT2D eigenvalue weighted by Gasteiger charge is -2.04. The smallest absolute Gasteiger partial charge is 0.129 e. The van der Waals surface area contributed by atoms with Gasteiger partial charge in [-0.05, 0) is 30.7 Å². The molecule has 4 heteroatoms. The maximum atomic E-state index is 5.78. The minimum Gasteiger partial charge on any atom is -0.265 e. The summed E-state index contributed by atoms with van der Waals surface area (Å²) in [5, 5.41) is 4.71. The summed E-state index contributed by atoms with van der Waals surface area (Å²) in [5.74, 6) is 0. The molecule has 2 heterocycles. The summed E-state index contributed by atoms with van der Waals surface area (Å²) in [5.41, 5.74) is 2.25. The van der Waals surface area contributed by atoms with Gasteiger partial charge in [-0.15, -0.1) is 0 Å². The Kier molecular flexibility index (Phi) is 2.50. The van der Waals surface area contributed by atoms with Crippen LogP contribution in [-0.4, -0.2) is 14.8 Å². The molecule has 0 atom stereocenters. The molecular formula is C10H10ClN3. The van der Waals surface area contributed by atoms with E-state index in [-0.39, 0.29) is 0 Å². The molecule has 0 unspecified atom stereocenters. The van der Waals surface area contributed by atoms with Crippen LogP contribution in [0.5, 0.6) is 0 Å². The normalized spacial score (nSPS) is 10.4. The Hall–Kier alpha value is -1.35. The van der Waals surface area contributed by atoms with E-state index in [0.29, 0.717) is 5.15 Å². The number of hydrogen-bond donors (Lipinski definition) is 0. The van der Waals surface area contributed by atoms with Crippen LogP contribution in [0.3, 0.4) is 0 Å². The van der Waals surface area contributed by atoms with Crippen LogP contribution >= 0.6 is 11.6 Å². The molecule has 0 N–H and O–H groups in total. The van der Waals surface area contributed by atoms with Crippen LogP contribution in [-0.2, 0) is 6.54 Å². The Morgan fingerprint density at radius 1 is 1.36 bits per heavy atom. The molecule has 0 radical (unpaired) electrons. The lowest BCUT2D eigenvalue weighted by molar-refractivity contribution is 0.664. The van der Waals surface area contributed by atoms with Crippen molar-refractivity contribution in [3.8, 4) is 0 Å². The van der Waals surface area contributed by atoms with E-state index in [9.17, 15) is 0 Å². The minimum atomic E-state index is 0.521. The number of pyridine rings is 1. The molecule has 0 aromatic carbocycles. The van der Waals surface area contributed by atoms with Crippen molar-refractivity contribution < 1.29 is 0 Å². The first-order valence-corrected chi connectivity index (χ1v) is 4.72. The average molecular weight is 208 g/mol. The second-order valence-electron chi connectivity index (χ2n) is 3.12. The summed E-state index contributed by atoms with van der Waals surface area (Å²) in [6.45, 7) is 2.76. The van der Waals surface area contributed by atoms with Crippen molar-refractivity contribution in [2.24, 2.45) is 0 Å². The molecule has 2 rings (SSSR count). The summed E-state index contributed by atoms with van der Waals surface area (Å²) < 4.78 is 1.92. The molecule has 0 fully saturated rings. The highest BCUT2D eigenvalue weighted by Gasteiger charge is 1.99. The maximum Gasteiger partial charge on any atom is 0.129 e. The number of aryl methyl sites for hydroxylation is 1. The molecule has 2 aromatic rings. The standard InChI is InChI=1S/C10H10ClN3/c1-8-2-5-13-14(8)7-9-3-4-12-10(11)6-9/h2-6H,7H2,1H3. The molecule has 0 bridgehead atoms. The molecule has 0 amide bonds. The average Bonchev–Trinajstić information content (AvgIpc) is 2.52. The topological polar surface area (TPSA) is 30.7 Å². The fourth-order valence-electron chi connectivity index (χ4n) is 1.28. The molecular weight excluding hydrogens is 198 g/mol. The fraction of sp³-hybridized carbons (Fsp3) is 0.200. The maximum absolute atomic E-state index is 5.78. The van der Waals surface area contributed by atoms with Gasteiger partial charge in [-0.2, -0.15) is 5.10 Å². The second kappa shape index (κ2) is 3.80. The summed E-state index contributed by atoms with van der Waals surface area (Å²) in [7, 11) is 0. The van der Waals surface area contributed by atoms with Crippen molar-refractivity contribution in [1.82, 2.24) is 14.8 Å². The molecule has 0 saturated heterocycles. The Balaban J connectivity index is 2.23. The second-order valence-corrected chi connectivity index (χ2v) is 3.50. The van der Waals surface area contributed by atoms with Crippen LogP contribution in [0.25, 0.3) is 0 Å². The van der Waals surface area contributed by atoms with Gasteiger partial charge in [0.1, 0.15) is 5.15 Å². The van der Waals surface area contributed by atoms with E-state index in [4.69, 9.17) is 11.6 Å². The lowest BCUT2D eigenvalue weighted by Crippen LogP contribution is -2.03. The SMILES string of the molecule is Cc1ccnn1Cc1ccnc(Cl)c1. The summed E-state index contributed by atoms with van der Waals surface area (Å²) in [4.78, 5) is 3.93. The third-order valence-corrected chi connectivity index (χ3v) is 2.26. The van der Waals surface area contributed by atoms with Gasteiger partial charge in [-0.3, -0.25) is 4.68 Å². The van der Waals surface area contributed by atoms with E-state index in [1.165, 1.54) is 0 Å². The van der Waals surface area contributed by atoms with E-state index in [1.807, 2.05) is 29.8 Å². The zero-order chi connectivity index (χ0) is 9.97. The van der Waals surface area contributed by atoms with Gasteiger partial charge in [0, 0.05) is 18.1 Å². The van der Waals surface area contributed by atoms with Crippen molar-refractivity contribution in [2.75, 3.05) is 0 Å². The first-order valence-electron chi connectivity index (χ1n) is 4.34. The van der Waals surface area contributed by atoms with Crippen molar-refractivity contribution in [3.05, 3.63) is 47.0 Å². The van der Waals surface area contributed by atoms with Gasteiger partial charge in [-0.25, -0.2) is 4.98 Å². The van der Waals surface area contributed by atoms with Gasteiger partial charge >= 0.3 is 0 Å². The Morgan fingerprint density at radius 3 is 2.86 bits per heavy atom. The molecule has 0 aliphatic rings. The molecule has 0 spiro atoms. The third-order valence-electron chi connectivity index (χ3n) is 2.05. The van der Waals surface area contributed by atoms with Crippen molar-refractivity contribution in [3.63, 3.8) is 0 Å². The predicted octanol–water partition coefficient (Wildman–Crippen LogP) is 2.29. The molecule has 14 heavy (non-hydrogen) atoms. The van der Waals surface area contributed by atoms with E-state index in [1.54, 1.807) is 12.4 Å². The van der Waals surface area contributed by atoms with Crippen molar-refractivity contribution >= 4 is 11.6 Å². The Bertz CT molecular complexity index is 436. The summed E-state index contributed by atoms with van der Waals surface area (Å²) >= 11 is 5.78. The summed E-state index contributed by atoms with van der Waals surface area (Å²) in [6, 6.07) is 5.76. The highest BCUT2D eigenvalue weighted by Crippen LogP contribution is 2.09. The molecule has 0 saturated carbocycles. The fourth-order valence-corrected chi connectivity index (χ4v) is 1.47. The number of nitrogens with zero attached hydrogens (tertiary/aromatic N) is 3. The monoisotopic (exact) mass is 207 g/mol. The number of aromatic nitrogens is 3. The van der Waals surface area contributed by atoms with Crippen molar-refractivity contribution in [1.29, 1.82) is 0 Å². The first kappa shape index (κ1) is 9.21. The molecule has 3 nitrogen and oxygen atoms in total. The molecule has 0 aliphatic carbocycles. The number of rotatable bonds is 2. The van der Waals surface area contributed by atoms with E-state index in [2.05, 4.69) is 10.1 Å². The minimum absolute atomic E-state index is 0.521. The van der Waals surface area contributed by atoms with Crippen molar-refractivity contribution in [2.45, 2.75) is 13.5 Å². The van der Waals surface area contributed by atoms with Gasteiger partial charge in [0.05, 0.1) is 6.54 Å². The van der Waals surface area contributed by atoms with Gasteiger partial charge < -0.3 is 0 Å². The number of hydrogen-bond acceptors (Lipinski definition) is 2. The van der Waals surface area contributed by atoms with Crippen LogP contribution < -0.4 is 0 Å². The first-order chi connectivity index (χ1) is 6.75. The summed E-state index contributed by atoms with van der Waals surface area (Å²) in [6.07, 6.45) is 3.49. The van der Waals surface area contributed by atoms with Gasteiger partial charge in [0.25, 0.3) is 0 Å². The highest BCUT2D eigenvalue weighted by atomic mass is 35.5. The molecule has 0 aliphatic heterocycles. The largest absolute Gasteiger partial charge is 0.265 e. The Morgan fingerprint density at radius 2 is 2.21 bits per heavy atom. The lowest BCUT2D eigenvalue weighted by atomic mass is 10.3. The van der Waals surface area contributed by atoms with Crippen LogP contribution in [0, 0.1) is 6.92 Å². The zero-order valence-electron chi connectivity index (χ0n) is 7.81. The zero-order valence-corrected chi connectivity index (χ0v) is 8.57. The van der Waals surface area contributed by atoms with Gasteiger partial charge in [0.2, 0.25) is 0 Å². The number of halogens is 1. The van der Waals surface area contributed by atoms with E-state index in [0.717, 1.165) is 17.8 Å². The van der Waals surface area contributed by atoms with Crippen LogP contribution in [0.2, 0.25) is 5.15 Å². The predicted molar refractivity (Wildman–Crippen MR) is 55.3 cm³/mol. The molecule has 2 aromatic heterocycles. The van der Waals surface area contributed by atoms with E-state index >= 15 is 0 Å².